The molecular formula is C25H23F2N3O. The van der Waals surface area contributed by atoms with Gasteiger partial charge in [0.1, 0.15) is 11.6 Å². The lowest BCUT2D eigenvalue weighted by atomic mass is 9.96. The van der Waals surface area contributed by atoms with Gasteiger partial charge in [0.2, 0.25) is 5.91 Å². The molecule has 158 valence electrons. The van der Waals surface area contributed by atoms with Crippen LogP contribution in [0.25, 0.3) is 6.08 Å². The highest BCUT2D eigenvalue weighted by Crippen LogP contribution is 2.30. The van der Waals surface area contributed by atoms with E-state index in [2.05, 4.69) is 9.88 Å². The highest BCUT2D eigenvalue weighted by molar-refractivity contribution is 5.91. The first-order valence-electron chi connectivity index (χ1n) is 10.2. The summed E-state index contributed by atoms with van der Waals surface area (Å²) in [7, 11) is 0. The summed E-state index contributed by atoms with van der Waals surface area (Å²) in [5.41, 5.74) is 2.80. The maximum atomic E-state index is 13.5. The molecule has 31 heavy (non-hydrogen) atoms. The van der Waals surface area contributed by atoms with Crippen LogP contribution in [0.4, 0.5) is 8.78 Å². The number of hydrogen-bond acceptors (Lipinski definition) is 3. The molecule has 0 saturated carbocycles. The molecule has 0 atom stereocenters. The molecule has 0 unspecified atom stereocenters. The van der Waals surface area contributed by atoms with Crippen LogP contribution in [0.15, 0.2) is 79.1 Å². The van der Waals surface area contributed by atoms with Crippen LogP contribution in [-0.2, 0) is 4.79 Å². The van der Waals surface area contributed by atoms with Crippen molar-refractivity contribution in [2.24, 2.45) is 0 Å². The molecule has 2 heterocycles. The van der Waals surface area contributed by atoms with Gasteiger partial charge in [-0.1, -0.05) is 24.3 Å². The summed E-state index contributed by atoms with van der Waals surface area (Å²) in [6.45, 7) is 2.49. The predicted octanol–water partition coefficient (Wildman–Crippen LogP) is 4.31. The van der Waals surface area contributed by atoms with Crippen LogP contribution in [0.5, 0.6) is 0 Å². The molecule has 1 aromatic heterocycles. The smallest absolute Gasteiger partial charge is 0.246 e. The van der Waals surface area contributed by atoms with Crippen molar-refractivity contribution in [2.45, 2.75) is 6.04 Å². The Bertz CT molecular complexity index is 983. The van der Waals surface area contributed by atoms with Gasteiger partial charge in [-0.15, -0.1) is 0 Å². The van der Waals surface area contributed by atoms with Crippen molar-refractivity contribution in [3.63, 3.8) is 0 Å². The van der Waals surface area contributed by atoms with E-state index in [4.69, 9.17) is 0 Å². The molecular weight excluding hydrogens is 396 g/mol. The standard InChI is InChI=1S/C25H23F2N3O/c26-22-6-2-20(3-7-22)25(21-4-8-23(27)9-5-21)30-17-15-29(16-18-30)24(31)10-1-19-11-13-28-14-12-19/h1-14,25H,15-18H2/b10-1+. The van der Waals surface area contributed by atoms with E-state index in [1.54, 1.807) is 48.8 Å². The minimum Gasteiger partial charge on any atom is -0.337 e. The quantitative estimate of drug-likeness (QED) is 0.579. The molecule has 4 nitrogen and oxygen atoms in total. The first-order valence-corrected chi connectivity index (χ1v) is 10.2. The van der Waals surface area contributed by atoms with Crippen LogP contribution in [0.2, 0.25) is 0 Å². The molecule has 2 aromatic carbocycles. The van der Waals surface area contributed by atoms with Crippen LogP contribution in [-0.4, -0.2) is 46.9 Å². The molecule has 1 amide bonds. The van der Waals surface area contributed by atoms with Crippen molar-refractivity contribution < 1.29 is 13.6 Å². The predicted molar refractivity (Wildman–Crippen MR) is 116 cm³/mol. The Kier molecular flexibility index (Phi) is 6.48. The molecule has 1 aliphatic rings. The second-order valence-corrected chi connectivity index (χ2v) is 7.48. The van der Waals surface area contributed by atoms with E-state index in [9.17, 15) is 13.6 Å². The molecule has 1 fully saturated rings. The third-order valence-electron chi connectivity index (χ3n) is 5.49. The molecule has 0 aliphatic carbocycles. The van der Waals surface area contributed by atoms with Crippen molar-refractivity contribution in [3.05, 3.63) is 107 Å². The van der Waals surface area contributed by atoms with Crippen molar-refractivity contribution >= 4 is 12.0 Å². The zero-order valence-corrected chi connectivity index (χ0v) is 17.0. The Morgan fingerprint density at radius 2 is 1.32 bits per heavy atom. The zero-order valence-electron chi connectivity index (χ0n) is 17.0. The fraction of sp³-hybridized carbons (Fsp3) is 0.200. The third-order valence-corrected chi connectivity index (χ3v) is 5.49. The van der Waals surface area contributed by atoms with Gasteiger partial charge in [0, 0.05) is 44.6 Å². The van der Waals surface area contributed by atoms with Gasteiger partial charge in [-0.2, -0.15) is 0 Å². The number of amides is 1. The number of carbonyl (C=O) groups excluding carboxylic acids is 1. The number of carbonyl (C=O) groups is 1. The van der Waals surface area contributed by atoms with Gasteiger partial charge < -0.3 is 4.90 Å². The van der Waals surface area contributed by atoms with E-state index in [0.717, 1.165) is 16.7 Å². The molecule has 1 saturated heterocycles. The molecule has 0 N–H and O–H groups in total. The lowest BCUT2D eigenvalue weighted by Crippen LogP contribution is -2.49. The summed E-state index contributed by atoms with van der Waals surface area (Å²) in [5.74, 6) is -0.618. The molecule has 0 radical (unpaired) electrons. The Morgan fingerprint density at radius 3 is 1.84 bits per heavy atom. The molecule has 4 rings (SSSR count). The van der Waals surface area contributed by atoms with E-state index in [1.807, 2.05) is 17.0 Å². The first kappa shape index (κ1) is 20.9. The van der Waals surface area contributed by atoms with Gasteiger partial charge >= 0.3 is 0 Å². The van der Waals surface area contributed by atoms with Gasteiger partial charge in [0.25, 0.3) is 0 Å². The van der Waals surface area contributed by atoms with Crippen LogP contribution in [0.1, 0.15) is 22.7 Å². The number of piperazine rings is 1. The van der Waals surface area contributed by atoms with Crippen molar-refractivity contribution in [1.82, 2.24) is 14.8 Å². The summed E-state index contributed by atoms with van der Waals surface area (Å²) in [6, 6.07) is 16.4. The normalized spacial score (nSPS) is 15.0. The minimum absolute atomic E-state index is 0.0309. The number of nitrogens with zero attached hydrogens (tertiary/aromatic N) is 3. The lowest BCUT2D eigenvalue weighted by Gasteiger charge is -2.39. The maximum absolute atomic E-state index is 13.5. The SMILES string of the molecule is O=C(/C=C/c1ccncc1)N1CCN(C(c2ccc(F)cc2)c2ccc(F)cc2)CC1. The number of pyridine rings is 1. The zero-order chi connectivity index (χ0) is 21.6. The van der Waals surface area contributed by atoms with Gasteiger partial charge in [0.15, 0.2) is 0 Å². The average molecular weight is 419 g/mol. The Morgan fingerprint density at radius 1 is 0.806 bits per heavy atom. The van der Waals surface area contributed by atoms with E-state index < -0.39 is 0 Å². The Labute approximate surface area is 180 Å². The van der Waals surface area contributed by atoms with Crippen molar-refractivity contribution in [2.75, 3.05) is 26.2 Å². The van der Waals surface area contributed by atoms with Crippen molar-refractivity contribution in [3.8, 4) is 0 Å². The Balaban J connectivity index is 1.47. The number of halogens is 2. The van der Waals surface area contributed by atoms with Crippen LogP contribution >= 0.6 is 0 Å². The van der Waals surface area contributed by atoms with Crippen LogP contribution in [0, 0.1) is 11.6 Å². The van der Waals surface area contributed by atoms with Gasteiger partial charge in [-0.05, 0) is 59.2 Å². The topological polar surface area (TPSA) is 36.4 Å². The Hall–Kier alpha value is -3.38. The summed E-state index contributed by atoms with van der Waals surface area (Å²) in [4.78, 5) is 20.6. The van der Waals surface area contributed by atoms with Gasteiger partial charge in [0.05, 0.1) is 6.04 Å². The lowest BCUT2D eigenvalue weighted by molar-refractivity contribution is -0.127. The average Bonchev–Trinajstić information content (AvgIpc) is 2.81. The highest BCUT2D eigenvalue weighted by Gasteiger charge is 2.27. The molecule has 0 bridgehead atoms. The fourth-order valence-electron chi connectivity index (χ4n) is 3.85. The van der Waals surface area contributed by atoms with Gasteiger partial charge in [-0.3, -0.25) is 14.7 Å². The minimum atomic E-state index is -0.294. The van der Waals surface area contributed by atoms with Crippen LogP contribution in [0.3, 0.4) is 0 Å². The van der Waals surface area contributed by atoms with E-state index in [1.165, 1.54) is 24.3 Å². The number of aromatic nitrogens is 1. The summed E-state index contributed by atoms with van der Waals surface area (Å²) >= 11 is 0. The number of hydrogen-bond donors (Lipinski definition) is 0. The van der Waals surface area contributed by atoms with Crippen molar-refractivity contribution in [1.29, 1.82) is 0 Å². The molecule has 0 spiro atoms. The monoisotopic (exact) mass is 419 g/mol. The first-order chi connectivity index (χ1) is 15.1. The van der Waals surface area contributed by atoms with E-state index in [-0.39, 0.29) is 23.6 Å². The summed E-state index contributed by atoms with van der Waals surface area (Å²) in [5, 5.41) is 0. The largest absolute Gasteiger partial charge is 0.337 e. The third kappa shape index (κ3) is 5.22. The molecule has 6 heteroatoms. The molecule has 1 aliphatic heterocycles. The molecule has 3 aromatic rings. The summed E-state index contributed by atoms with van der Waals surface area (Å²) in [6.07, 6.45) is 6.75. The second-order valence-electron chi connectivity index (χ2n) is 7.48. The summed E-state index contributed by atoms with van der Waals surface area (Å²) < 4.78 is 26.9. The van der Waals surface area contributed by atoms with Gasteiger partial charge in [-0.25, -0.2) is 8.78 Å². The number of rotatable bonds is 5. The van der Waals surface area contributed by atoms with E-state index >= 15 is 0 Å². The van der Waals surface area contributed by atoms with E-state index in [0.29, 0.717) is 26.2 Å². The highest BCUT2D eigenvalue weighted by atomic mass is 19.1. The maximum Gasteiger partial charge on any atom is 0.246 e. The fourth-order valence-corrected chi connectivity index (χ4v) is 3.85. The van der Waals surface area contributed by atoms with Crippen LogP contribution < -0.4 is 0 Å². The number of benzene rings is 2. The second kappa shape index (κ2) is 9.62.